The topological polar surface area (TPSA) is 58.6 Å². The Balaban J connectivity index is 2.31. The first-order chi connectivity index (χ1) is 10.1. The summed E-state index contributed by atoms with van der Waals surface area (Å²) in [7, 11) is 0. The van der Waals surface area contributed by atoms with Gasteiger partial charge in [0.25, 0.3) is 0 Å². The van der Waals surface area contributed by atoms with Gasteiger partial charge in [0.2, 0.25) is 0 Å². The molecule has 0 fully saturated rings. The Morgan fingerprint density at radius 1 is 1.24 bits per heavy atom. The van der Waals surface area contributed by atoms with Crippen molar-refractivity contribution in [2.24, 2.45) is 0 Å². The highest BCUT2D eigenvalue weighted by atomic mass is 35.5. The zero-order chi connectivity index (χ0) is 15.2. The maximum absolute atomic E-state index is 11.6. The number of benzene rings is 2. The molecule has 0 saturated carbocycles. The molecule has 0 saturated heterocycles. The van der Waals surface area contributed by atoms with E-state index >= 15 is 0 Å². The number of aliphatic carboxylic acids is 1. The van der Waals surface area contributed by atoms with E-state index in [-0.39, 0.29) is 0 Å². The Labute approximate surface area is 128 Å². The van der Waals surface area contributed by atoms with Crippen molar-refractivity contribution < 1.29 is 14.6 Å². The van der Waals surface area contributed by atoms with Crippen molar-refractivity contribution in [2.75, 3.05) is 11.9 Å². The number of carbonyl (C=O) groups is 1. The summed E-state index contributed by atoms with van der Waals surface area (Å²) in [6.45, 7) is 2.34. The number of nitrogens with one attached hydrogen (secondary N) is 1. The number of rotatable bonds is 6. The fourth-order valence-electron chi connectivity index (χ4n) is 1.99. The van der Waals surface area contributed by atoms with E-state index in [1.54, 1.807) is 42.5 Å². The monoisotopic (exact) mass is 305 g/mol. The highest BCUT2D eigenvalue weighted by Gasteiger charge is 2.23. The van der Waals surface area contributed by atoms with E-state index in [9.17, 15) is 9.90 Å². The molecule has 5 heteroatoms. The van der Waals surface area contributed by atoms with Crippen molar-refractivity contribution in [3.63, 3.8) is 0 Å². The van der Waals surface area contributed by atoms with Gasteiger partial charge >= 0.3 is 5.97 Å². The van der Waals surface area contributed by atoms with E-state index in [2.05, 4.69) is 5.32 Å². The molecule has 2 rings (SSSR count). The van der Waals surface area contributed by atoms with Gasteiger partial charge in [-0.1, -0.05) is 29.8 Å². The molecule has 0 aromatic heterocycles. The van der Waals surface area contributed by atoms with Gasteiger partial charge in [0, 0.05) is 16.3 Å². The van der Waals surface area contributed by atoms with Crippen molar-refractivity contribution in [1.29, 1.82) is 0 Å². The average molecular weight is 306 g/mol. The largest absolute Gasteiger partial charge is 0.493 e. The lowest BCUT2D eigenvalue weighted by atomic mass is 10.1. The Morgan fingerprint density at radius 3 is 2.52 bits per heavy atom. The number of anilines is 1. The number of halogens is 1. The number of ether oxygens (including phenoxy) is 1. The van der Waals surface area contributed by atoms with Gasteiger partial charge in [0.15, 0.2) is 6.04 Å². The van der Waals surface area contributed by atoms with Gasteiger partial charge in [-0.25, -0.2) is 4.79 Å². The van der Waals surface area contributed by atoms with E-state index < -0.39 is 12.0 Å². The minimum Gasteiger partial charge on any atom is -0.493 e. The fourth-order valence-corrected chi connectivity index (χ4v) is 2.12. The summed E-state index contributed by atoms with van der Waals surface area (Å²) < 4.78 is 5.50. The van der Waals surface area contributed by atoms with Crippen LogP contribution in [-0.4, -0.2) is 17.7 Å². The molecule has 1 unspecified atom stereocenters. The second kappa shape index (κ2) is 6.99. The van der Waals surface area contributed by atoms with E-state index in [4.69, 9.17) is 16.3 Å². The molecule has 0 spiro atoms. The molecular weight excluding hydrogens is 290 g/mol. The summed E-state index contributed by atoms with van der Waals surface area (Å²) in [6, 6.07) is 13.1. The predicted octanol–water partition coefficient (Wildman–Crippen LogP) is 3.98. The molecule has 0 radical (unpaired) electrons. The normalized spacial score (nSPS) is 11.7. The van der Waals surface area contributed by atoms with Gasteiger partial charge in [-0.05, 0) is 37.3 Å². The van der Waals surface area contributed by atoms with Crippen LogP contribution in [-0.2, 0) is 4.79 Å². The molecule has 0 aliphatic carbocycles. The van der Waals surface area contributed by atoms with E-state index in [1.165, 1.54) is 0 Å². The van der Waals surface area contributed by atoms with Crippen LogP contribution in [0.4, 0.5) is 5.69 Å². The van der Waals surface area contributed by atoms with Gasteiger partial charge in [-0.2, -0.15) is 0 Å². The zero-order valence-electron chi connectivity index (χ0n) is 11.5. The SMILES string of the molecule is CCOc1ccccc1C(Nc1ccc(Cl)cc1)C(=O)O. The number of hydrogen-bond donors (Lipinski definition) is 2. The lowest BCUT2D eigenvalue weighted by molar-refractivity contribution is -0.138. The van der Waals surface area contributed by atoms with Gasteiger partial charge in [0.05, 0.1) is 6.61 Å². The summed E-state index contributed by atoms with van der Waals surface area (Å²) in [5.41, 5.74) is 1.26. The van der Waals surface area contributed by atoms with E-state index in [0.717, 1.165) is 0 Å². The number of carboxylic acid groups (broad SMARTS) is 1. The molecule has 2 aromatic carbocycles. The fraction of sp³-hybridized carbons (Fsp3) is 0.188. The summed E-state index contributed by atoms with van der Waals surface area (Å²) in [6.07, 6.45) is 0. The molecule has 0 bridgehead atoms. The highest BCUT2D eigenvalue weighted by molar-refractivity contribution is 6.30. The van der Waals surface area contributed by atoms with Crippen molar-refractivity contribution in [3.8, 4) is 5.75 Å². The first kappa shape index (κ1) is 15.2. The molecular formula is C16H16ClNO3. The van der Waals surface area contributed by atoms with Gasteiger partial charge in [-0.15, -0.1) is 0 Å². The number of carboxylic acids is 1. The molecule has 0 aliphatic rings. The van der Waals surface area contributed by atoms with Crippen LogP contribution in [0.3, 0.4) is 0 Å². The average Bonchev–Trinajstić information content (AvgIpc) is 2.47. The second-order valence-corrected chi connectivity index (χ2v) is 4.83. The summed E-state index contributed by atoms with van der Waals surface area (Å²) in [5.74, 6) is -0.411. The molecule has 4 nitrogen and oxygen atoms in total. The first-order valence-electron chi connectivity index (χ1n) is 6.58. The van der Waals surface area contributed by atoms with Crippen LogP contribution in [0, 0.1) is 0 Å². The van der Waals surface area contributed by atoms with E-state index in [0.29, 0.717) is 28.6 Å². The first-order valence-corrected chi connectivity index (χ1v) is 6.96. The molecule has 2 N–H and O–H groups in total. The zero-order valence-corrected chi connectivity index (χ0v) is 12.3. The number of para-hydroxylation sites is 1. The molecule has 110 valence electrons. The third kappa shape index (κ3) is 3.89. The van der Waals surface area contributed by atoms with Crippen molar-refractivity contribution in [2.45, 2.75) is 13.0 Å². The maximum atomic E-state index is 11.6. The second-order valence-electron chi connectivity index (χ2n) is 4.39. The Morgan fingerprint density at radius 2 is 1.90 bits per heavy atom. The van der Waals surface area contributed by atoms with Crippen LogP contribution in [0.2, 0.25) is 5.02 Å². The standard InChI is InChI=1S/C16H16ClNO3/c1-2-21-14-6-4-3-5-13(14)15(16(19)20)18-12-9-7-11(17)8-10-12/h3-10,15,18H,2H2,1H3,(H,19,20). The molecule has 21 heavy (non-hydrogen) atoms. The summed E-state index contributed by atoms with van der Waals surface area (Å²) >= 11 is 5.83. The van der Waals surface area contributed by atoms with Crippen molar-refractivity contribution in [1.82, 2.24) is 0 Å². The Kier molecular flexibility index (Phi) is 5.06. The van der Waals surface area contributed by atoms with Crippen LogP contribution < -0.4 is 10.1 Å². The third-order valence-corrected chi connectivity index (χ3v) is 3.18. The Hall–Kier alpha value is -2.20. The summed E-state index contributed by atoms with van der Waals surface area (Å²) in [5, 5.41) is 13.1. The molecule has 0 aliphatic heterocycles. The predicted molar refractivity (Wildman–Crippen MR) is 83.1 cm³/mol. The highest BCUT2D eigenvalue weighted by Crippen LogP contribution is 2.28. The Bertz CT molecular complexity index is 613. The smallest absolute Gasteiger partial charge is 0.330 e. The van der Waals surface area contributed by atoms with Crippen LogP contribution in [0.15, 0.2) is 48.5 Å². The van der Waals surface area contributed by atoms with Crippen molar-refractivity contribution in [3.05, 3.63) is 59.1 Å². The van der Waals surface area contributed by atoms with Crippen LogP contribution >= 0.6 is 11.6 Å². The van der Waals surface area contributed by atoms with Gasteiger partial charge in [-0.3, -0.25) is 0 Å². The molecule has 2 aromatic rings. The molecule has 0 amide bonds. The minimum atomic E-state index is -0.975. The van der Waals surface area contributed by atoms with Crippen molar-refractivity contribution >= 4 is 23.3 Å². The molecule has 1 atom stereocenters. The lowest BCUT2D eigenvalue weighted by Crippen LogP contribution is -2.21. The molecule has 0 heterocycles. The maximum Gasteiger partial charge on any atom is 0.330 e. The number of hydrogen-bond acceptors (Lipinski definition) is 3. The van der Waals surface area contributed by atoms with Crippen LogP contribution in [0.5, 0.6) is 5.75 Å². The minimum absolute atomic E-state index is 0.476. The van der Waals surface area contributed by atoms with Gasteiger partial charge < -0.3 is 15.2 Å². The quantitative estimate of drug-likeness (QED) is 0.847. The van der Waals surface area contributed by atoms with Gasteiger partial charge in [0.1, 0.15) is 5.75 Å². The summed E-state index contributed by atoms with van der Waals surface area (Å²) in [4.78, 5) is 11.6. The lowest BCUT2D eigenvalue weighted by Gasteiger charge is -2.19. The van der Waals surface area contributed by atoms with Crippen LogP contribution in [0.25, 0.3) is 0 Å². The van der Waals surface area contributed by atoms with E-state index in [1.807, 2.05) is 13.0 Å². The third-order valence-electron chi connectivity index (χ3n) is 2.93. The van der Waals surface area contributed by atoms with Crippen LogP contribution in [0.1, 0.15) is 18.5 Å².